The van der Waals surface area contributed by atoms with Crippen molar-refractivity contribution in [1.82, 2.24) is 0 Å². The second-order valence-electron chi connectivity index (χ2n) is 3.96. The number of carbonyl (C=O) groups is 1. The van der Waals surface area contributed by atoms with E-state index in [0.717, 1.165) is 11.1 Å². The molecule has 1 unspecified atom stereocenters. The van der Waals surface area contributed by atoms with Gasteiger partial charge in [0.05, 0.1) is 5.92 Å². The fraction of sp³-hybridized carbons (Fsp3) is 0.417. The summed E-state index contributed by atoms with van der Waals surface area (Å²) in [6, 6.07) is 1.82. The summed E-state index contributed by atoms with van der Waals surface area (Å²) in [7, 11) is 0. The molecule has 0 saturated carbocycles. The third-order valence-electron chi connectivity index (χ3n) is 2.79. The van der Waals surface area contributed by atoms with Gasteiger partial charge >= 0.3 is 5.97 Å². The molecule has 0 aliphatic carbocycles. The normalized spacial score (nSPS) is 12.5. The molecule has 0 heterocycles. The standard InChI is InChI=1S/C12H16O3/c1-6-5-7(2)11(13)8(3)10(6)9(4)12(14)15/h5,9,13H,1-4H3,(H,14,15). The van der Waals surface area contributed by atoms with Crippen LogP contribution >= 0.6 is 0 Å². The minimum absolute atomic E-state index is 0.198. The topological polar surface area (TPSA) is 57.5 Å². The number of aromatic hydroxyl groups is 1. The number of carboxylic acid groups (broad SMARTS) is 1. The quantitative estimate of drug-likeness (QED) is 0.785. The maximum absolute atomic E-state index is 10.9. The number of phenols is 1. The van der Waals surface area contributed by atoms with Crippen LogP contribution in [0.5, 0.6) is 5.75 Å². The van der Waals surface area contributed by atoms with Crippen molar-refractivity contribution in [3.8, 4) is 5.75 Å². The van der Waals surface area contributed by atoms with E-state index in [-0.39, 0.29) is 5.75 Å². The highest BCUT2D eigenvalue weighted by molar-refractivity contribution is 5.77. The average Bonchev–Trinajstić information content (AvgIpc) is 2.14. The Kier molecular flexibility index (Phi) is 3.03. The van der Waals surface area contributed by atoms with E-state index in [0.29, 0.717) is 11.1 Å². The van der Waals surface area contributed by atoms with Gasteiger partial charge in [-0.15, -0.1) is 0 Å². The highest BCUT2D eigenvalue weighted by Gasteiger charge is 2.20. The number of hydrogen-bond acceptors (Lipinski definition) is 2. The molecule has 0 fully saturated rings. The Bertz CT molecular complexity index is 408. The maximum atomic E-state index is 10.9. The molecule has 1 aromatic carbocycles. The predicted molar refractivity (Wildman–Crippen MR) is 58.4 cm³/mol. The first-order valence-electron chi connectivity index (χ1n) is 4.88. The summed E-state index contributed by atoms with van der Waals surface area (Å²) in [5, 5.41) is 18.7. The Morgan fingerprint density at radius 2 is 1.80 bits per heavy atom. The van der Waals surface area contributed by atoms with Crippen LogP contribution in [-0.2, 0) is 4.79 Å². The Hall–Kier alpha value is -1.51. The van der Waals surface area contributed by atoms with E-state index in [1.54, 1.807) is 13.8 Å². The fourth-order valence-corrected chi connectivity index (χ4v) is 1.98. The lowest BCUT2D eigenvalue weighted by Gasteiger charge is -2.16. The van der Waals surface area contributed by atoms with Crippen molar-refractivity contribution in [3.63, 3.8) is 0 Å². The van der Waals surface area contributed by atoms with Crippen LogP contribution in [-0.4, -0.2) is 16.2 Å². The lowest BCUT2D eigenvalue weighted by molar-refractivity contribution is -0.138. The van der Waals surface area contributed by atoms with Gasteiger partial charge in [0.1, 0.15) is 5.75 Å². The summed E-state index contributed by atoms with van der Waals surface area (Å²) in [5.74, 6) is -1.26. The summed E-state index contributed by atoms with van der Waals surface area (Å²) < 4.78 is 0. The summed E-state index contributed by atoms with van der Waals surface area (Å²) in [6.07, 6.45) is 0. The van der Waals surface area contributed by atoms with Gasteiger partial charge in [-0.05, 0) is 49.9 Å². The van der Waals surface area contributed by atoms with Crippen molar-refractivity contribution < 1.29 is 15.0 Å². The molecule has 15 heavy (non-hydrogen) atoms. The smallest absolute Gasteiger partial charge is 0.310 e. The van der Waals surface area contributed by atoms with Gasteiger partial charge in [-0.3, -0.25) is 4.79 Å². The molecular formula is C12H16O3. The van der Waals surface area contributed by atoms with Crippen molar-refractivity contribution >= 4 is 5.97 Å². The third-order valence-corrected chi connectivity index (χ3v) is 2.79. The number of rotatable bonds is 2. The lowest BCUT2D eigenvalue weighted by atomic mass is 9.90. The number of carboxylic acids is 1. The zero-order valence-corrected chi connectivity index (χ0v) is 9.46. The molecule has 0 saturated heterocycles. The van der Waals surface area contributed by atoms with Gasteiger partial charge in [0.25, 0.3) is 0 Å². The van der Waals surface area contributed by atoms with E-state index in [9.17, 15) is 9.90 Å². The minimum atomic E-state index is -0.871. The van der Waals surface area contributed by atoms with Crippen molar-refractivity contribution in [2.24, 2.45) is 0 Å². The van der Waals surface area contributed by atoms with E-state index in [1.807, 2.05) is 19.9 Å². The molecule has 0 aromatic heterocycles. The van der Waals surface area contributed by atoms with Crippen LogP contribution in [0.15, 0.2) is 6.07 Å². The zero-order chi connectivity index (χ0) is 11.7. The number of aryl methyl sites for hydroxylation is 2. The SMILES string of the molecule is Cc1cc(C)c(C(C)C(=O)O)c(C)c1O. The third kappa shape index (κ3) is 1.96. The predicted octanol–water partition coefficient (Wildman–Crippen LogP) is 2.51. The van der Waals surface area contributed by atoms with Gasteiger partial charge in [0.2, 0.25) is 0 Å². The monoisotopic (exact) mass is 208 g/mol. The van der Waals surface area contributed by atoms with Crippen LogP contribution in [0.1, 0.15) is 35.1 Å². The summed E-state index contributed by atoms with van der Waals surface area (Å²) in [5.41, 5.74) is 3.08. The largest absolute Gasteiger partial charge is 0.507 e. The summed E-state index contributed by atoms with van der Waals surface area (Å²) in [4.78, 5) is 10.9. The molecule has 3 nitrogen and oxygen atoms in total. The van der Waals surface area contributed by atoms with Crippen molar-refractivity contribution in [2.45, 2.75) is 33.6 Å². The molecule has 0 spiro atoms. The molecule has 3 heteroatoms. The Morgan fingerprint density at radius 1 is 1.27 bits per heavy atom. The van der Waals surface area contributed by atoms with E-state index in [1.165, 1.54) is 0 Å². The number of hydrogen-bond donors (Lipinski definition) is 2. The van der Waals surface area contributed by atoms with Crippen LogP contribution in [0.4, 0.5) is 0 Å². The van der Waals surface area contributed by atoms with Gasteiger partial charge in [0, 0.05) is 0 Å². The molecule has 0 amide bonds. The number of phenolic OH excluding ortho intramolecular Hbond substituents is 1. The molecule has 0 bridgehead atoms. The molecule has 0 aliphatic rings. The molecule has 1 rings (SSSR count). The van der Waals surface area contributed by atoms with Crippen LogP contribution in [0.3, 0.4) is 0 Å². The highest BCUT2D eigenvalue weighted by atomic mass is 16.4. The van der Waals surface area contributed by atoms with E-state index in [4.69, 9.17) is 5.11 Å². The highest BCUT2D eigenvalue weighted by Crippen LogP contribution is 2.32. The molecule has 0 radical (unpaired) electrons. The average molecular weight is 208 g/mol. The van der Waals surface area contributed by atoms with Gasteiger partial charge in [0.15, 0.2) is 0 Å². The van der Waals surface area contributed by atoms with Crippen molar-refractivity contribution in [3.05, 3.63) is 28.3 Å². The van der Waals surface area contributed by atoms with Crippen molar-refractivity contribution in [1.29, 1.82) is 0 Å². The van der Waals surface area contributed by atoms with Crippen LogP contribution in [0.25, 0.3) is 0 Å². The van der Waals surface area contributed by atoms with Crippen LogP contribution in [0.2, 0.25) is 0 Å². The first kappa shape index (κ1) is 11.6. The first-order valence-corrected chi connectivity index (χ1v) is 4.88. The van der Waals surface area contributed by atoms with Crippen LogP contribution < -0.4 is 0 Å². The molecule has 1 atom stereocenters. The molecular weight excluding hydrogens is 192 g/mol. The van der Waals surface area contributed by atoms with Gasteiger partial charge in [-0.1, -0.05) is 6.07 Å². The minimum Gasteiger partial charge on any atom is -0.507 e. The van der Waals surface area contributed by atoms with Gasteiger partial charge in [-0.25, -0.2) is 0 Å². The van der Waals surface area contributed by atoms with E-state index < -0.39 is 11.9 Å². The summed E-state index contributed by atoms with van der Waals surface area (Å²) in [6.45, 7) is 7.06. The van der Waals surface area contributed by atoms with Crippen LogP contribution in [0, 0.1) is 20.8 Å². The maximum Gasteiger partial charge on any atom is 0.310 e. The summed E-state index contributed by atoms with van der Waals surface area (Å²) >= 11 is 0. The Balaban J connectivity index is 3.42. The van der Waals surface area contributed by atoms with Crippen molar-refractivity contribution in [2.75, 3.05) is 0 Å². The Morgan fingerprint density at radius 3 is 2.27 bits per heavy atom. The van der Waals surface area contributed by atoms with Gasteiger partial charge in [-0.2, -0.15) is 0 Å². The molecule has 1 aromatic rings. The second kappa shape index (κ2) is 3.93. The van der Waals surface area contributed by atoms with E-state index in [2.05, 4.69) is 0 Å². The van der Waals surface area contributed by atoms with E-state index >= 15 is 0 Å². The molecule has 82 valence electrons. The first-order chi connectivity index (χ1) is 6.86. The fourth-order valence-electron chi connectivity index (χ4n) is 1.98. The number of aliphatic carboxylic acids is 1. The lowest BCUT2D eigenvalue weighted by Crippen LogP contribution is -2.11. The molecule has 2 N–H and O–H groups in total. The zero-order valence-electron chi connectivity index (χ0n) is 9.46. The number of benzene rings is 1. The van der Waals surface area contributed by atoms with Gasteiger partial charge < -0.3 is 10.2 Å². The Labute approximate surface area is 89.4 Å². The molecule has 0 aliphatic heterocycles. The second-order valence-corrected chi connectivity index (χ2v) is 3.96.